The number of carbonyl (C=O) groups excluding carboxylic acids is 1. The van der Waals surface area contributed by atoms with Crippen LogP contribution in [0.4, 0.5) is 5.69 Å². The molecule has 2 fully saturated rings. The van der Waals surface area contributed by atoms with E-state index in [-0.39, 0.29) is 23.2 Å². The topological polar surface area (TPSA) is 126 Å². The Kier molecular flexibility index (Phi) is 13.1. The quantitative estimate of drug-likeness (QED) is 0.391. The first-order valence-electron chi connectivity index (χ1n) is 19.4. The molecular formula is C40H57ClN4O7S2. The number of methoxy groups -OCH3 is 1. The second-order valence-electron chi connectivity index (χ2n) is 15.9. The number of piperazine rings is 1. The number of sulfone groups is 1. The Morgan fingerprint density at radius 2 is 1.76 bits per heavy atom. The van der Waals surface area contributed by atoms with Crippen LogP contribution in [0.3, 0.4) is 0 Å². The first kappa shape index (κ1) is 41.0. The van der Waals surface area contributed by atoms with Crippen molar-refractivity contribution in [1.82, 2.24) is 14.5 Å². The summed E-state index contributed by atoms with van der Waals surface area (Å²) < 4.78 is 66.3. The molecule has 1 saturated carbocycles. The summed E-state index contributed by atoms with van der Waals surface area (Å²) in [5.74, 6) is 0.380. The van der Waals surface area contributed by atoms with Gasteiger partial charge >= 0.3 is 0 Å². The molecule has 0 spiro atoms. The lowest BCUT2D eigenvalue weighted by atomic mass is 9.63. The summed E-state index contributed by atoms with van der Waals surface area (Å²) in [7, 11) is -5.23. The molecule has 4 aliphatic rings. The summed E-state index contributed by atoms with van der Waals surface area (Å²) >= 11 is 6.39. The molecule has 1 unspecified atom stereocenters. The average molecular weight is 806 g/mol. The molecule has 0 aromatic heterocycles. The zero-order valence-corrected chi connectivity index (χ0v) is 34.5. The number of hydrogen-bond donors (Lipinski definition) is 1. The molecule has 0 radical (unpaired) electrons. The maximum atomic E-state index is 13.6. The third-order valence-corrected chi connectivity index (χ3v) is 15.3. The fourth-order valence-corrected chi connectivity index (χ4v) is 10.5. The number of nitrogens with one attached hydrogen (secondary N) is 1. The van der Waals surface area contributed by atoms with Crippen molar-refractivity contribution in [3.8, 4) is 5.75 Å². The van der Waals surface area contributed by atoms with E-state index in [1.54, 1.807) is 32.2 Å². The van der Waals surface area contributed by atoms with Gasteiger partial charge in [0.2, 0.25) is 10.0 Å². The third kappa shape index (κ3) is 9.81. The number of ether oxygens (including phenoxy) is 2. The highest BCUT2D eigenvalue weighted by atomic mass is 35.5. The number of amides is 1. The summed E-state index contributed by atoms with van der Waals surface area (Å²) in [5.41, 5.74) is 2.67. The van der Waals surface area contributed by atoms with Crippen LogP contribution in [0, 0.1) is 17.8 Å². The summed E-state index contributed by atoms with van der Waals surface area (Å²) in [6, 6.07) is 11.1. The van der Waals surface area contributed by atoms with Gasteiger partial charge < -0.3 is 14.4 Å². The molecule has 1 N–H and O–H groups in total. The van der Waals surface area contributed by atoms with Crippen LogP contribution in [-0.4, -0.2) is 115 Å². The first-order chi connectivity index (χ1) is 25.7. The Morgan fingerprint density at radius 3 is 2.46 bits per heavy atom. The number of rotatable bonds is 6. The number of carbonyl (C=O) groups is 1. The van der Waals surface area contributed by atoms with Crippen molar-refractivity contribution in [2.24, 2.45) is 17.8 Å². The Bertz CT molecular complexity index is 1900. The van der Waals surface area contributed by atoms with Gasteiger partial charge in [0.05, 0.1) is 16.7 Å². The molecule has 3 heterocycles. The SMILES string of the molecule is CO[C@@]1(CN2CCN(CCS(C)(=O)=O)CC2)/C=C/C[C@H](C)[C@@H](C)S(=O)(=O)NC(=O)c2ccc3c(c2)N(CCCCc2cc(Cl)ccc2CO3)C[C@@H]2CCC21. The number of aryl methyl sites for hydroxylation is 1. The van der Waals surface area contributed by atoms with Crippen molar-refractivity contribution in [3.63, 3.8) is 0 Å². The van der Waals surface area contributed by atoms with Gasteiger partial charge in [0.1, 0.15) is 27.8 Å². The number of anilines is 1. The van der Waals surface area contributed by atoms with Crippen LogP contribution in [0.1, 0.15) is 67.4 Å². The fraction of sp³-hybridized carbons (Fsp3) is 0.625. The van der Waals surface area contributed by atoms with Crippen molar-refractivity contribution in [3.05, 3.63) is 70.3 Å². The van der Waals surface area contributed by atoms with E-state index in [1.807, 2.05) is 25.1 Å². The van der Waals surface area contributed by atoms with Gasteiger partial charge in [0.25, 0.3) is 5.91 Å². The zero-order valence-electron chi connectivity index (χ0n) is 32.1. The third-order valence-electron chi connectivity index (χ3n) is 12.3. The Labute approximate surface area is 327 Å². The lowest BCUT2D eigenvalue weighted by Crippen LogP contribution is -2.58. The number of fused-ring (bicyclic) bond motifs is 3. The van der Waals surface area contributed by atoms with Gasteiger partial charge in [-0.3, -0.25) is 14.6 Å². The highest BCUT2D eigenvalue weighted by molar-refractivity contribution is 7.90. The summed E-state index contributed by atoms with van der Waals surface area (Å²) in [6.07, 6.45) is 10.8. The molecule has 2 aromatic rings. The van der Waals surface area contributed by atoms with Crippen LogP contribution in [0.5, 0.6) is 5.75 Å². The maximum absolute atomic E-state index is 13.6. The maximum Gasteiger partial charge on any atom is 0.264 e. The molecule has 1 saturated heterocycles. The minimum Gasteiger partial charge on any atom is -0.487 e. The van der Waals surface area contributed by atoms with E-state index in [0.29, 0.717) is 42.8 Å². The van der Waals surface area contributed by atoms with E-state index >= 15 is 0 Å². The number of halogens is 1. The van der Waals surface area contributed by atoms with Crippen molar-refractivity contribution < 1.29 is 31.1 Å². The van der Waals surface area contributed by atoms with Crippen LogP contribution in [0.25, 0.3) is 0 Å². The fourth-order valence-electron chi connectivity index (χ4n) is 8.45. The highest BCUT2D eigenvalue weighted by Gasteiger charge is 2.48. The molecule has 6 rings (SSSR count). The number of sulfonamides is 1. The lowest BCUT2D eigenvalue weighted by Gasteiger charge is -2.52. The van der Waals surface area contributed by atoms with Gasteiger partial charge in [-0.15, -0.1) is 0 Å². The van der Waals surface area contributed by atoms with E-state index in [4.69, 9.17) is 21.1 Å². The second kappa shape index (κ2) is 17.2. The van der Waals surface area contributed by atoms with Crippen molar-refractivity contribution in [1.29, 1.82) is 0 Å². The Balaban J connectivity index is 1.34. The number of hydrogen-bond acceptors (Lipinski definition) is 10. The normalized spacial score (nSPS) is 29.4. The first-order valence-corrected chi connectivity index (χ1v) is 23.3. The smallest absolute Gasteiger partial charge is 0.264 e. The van der Waals surface area contributed by atoms with Crippen LogP contribution < -0.4 is 14.4 Å². The average Bonchev–Trinajstić information content (AvgIpc) is 3.14. The summed E-state index contributed by atoms with van der Waals surface area (Å²) in [4.78, 5) is 20.6. The molecule has 14 heteroatoms. The molecule has 1 aliphatic carbocycles. The van der Waals surface area contributed by atoms with Crippen molar-refractivity contribution in [2.45, 2.75) is 69.8 Å². The van der Waals surface area contributed by atoms with E-state index < -0.39 is 36.6 Å². The molecule has 1 amide bonds. The summed E-state index contributed by atoms with van der Waals surface area (Å²) in [5, 5.41) is -0.120. The molecule has 11 nitrogen and oxygen atoms in total. The van der Waals surface area contributed by atoms with E-state index in [9.17, 15) is 21.6 Å². The summed E-state index contributed by atoms with van der Waals surface area (Å²) in [6.45, 7) is 9.77. The number of nitrogens with zero attached hydrogens (tertiary/aromatic N) is 3. The standard InChI is InChI=1S/C40H57ClN4O7S2/c1-29-8-7-16-40(51-3,28-44-20-18-43(19-21-44)22-23-53(4,47)48)36-14-11-33(36)26-45-17-6-5-9-31-24-35(41)13-10-34(31)27-52-38-15-12-32(25-37(38)45)39(46)42-54(49,50)30(29)2/h7,10,12-13,15-16,24-25,29-30,33,36H,5-6,8-9,11,14,17-23,26-28H2,1-4H3,(H,42,46)/b16-7+/t29-,30+,33-,36?,40+/m0/s1. The number of benzene rings is 2. The monoisotopic (exact) mass is 804 g/mol. The number of allylic oxidation sites excluding steroid dienone is 1. The van der Waals surface area contributed by atoms with Crippen LogP contribution in [0.15, 0.2) is 48.6 Å². The predicted molar refractivity (Wildman–Crippen MR) is 215 cm³/mol. The van der Waals surface area contributed by atoms with Crippen molar-refractivity contribution in [2.75, 3.05) is 76.4 Å². The highest BCUT2D eigenvalue weighted by Crippen LogP contribution is 2.47. The molecule has 3 aliphatic heterocycles. The molecule has 2 aromatic carbocycles. The second-order valence-corrected chi connectivity index (χ2v) is 20.7. The molecule has 2 bridgehead atoms. The van der Waals surface area contributed by atoms with Gasteiger partial charge in [-0.1, -0.05) is 36.7 Å². The van der Waals surface area contributed by atoms with E-state index in [0.717, 1.165) is 82.6 Å². The van der Waals surface area contributed by atoms with E-state index in [2.05, 4.69) is 31.6 Å². The molecular weight excluding hydrogens is 748 g/mol. The molecule has 54 heavy (non-hydrogen) atoms. The van der Waals surface area contributed by atoms with Gasteiger partial charge in [-0.2, -0.15) is 0 Å². The van der Waals surface area contributed by atoms with E-state index in [1.165, 1.54) is 11.8 Å². The van der Waals surface area contributed by atoms with Crippen molar-refractivity contribution >= 4 is 43.1 Å². The Morgan fingerprint density at radius 1 is 1.00 bits per heavy atom. The Hall–Kier alpha value is -2.68. The van der Waals surface area contributed by atoms with Crippen LogP contribution >= 0.6 is 11.6 Å². The largest absolute Gasteiger partial charge is 0.487 e. The minimum atomic E-state index is -3.99. The van der Waals surface area contributed by atoms with Crippen LogP contribution in [-0.2, 0) is 37.6 Å². The lowest BCUT2D eigenvalue weighted by molar-refractivity contribution is -0.0952. The van der Waals surface area contributed by atoms with Crippen LogP contribution in [0.2, 0.25) is 5.02 Å². The zero-order chi connectivity index (χ0) is 38.7. The minimum absolute atomic E-state index is 0.158. The predicted octanol–water partition coefficient (Wildman–Crippen LogP) is 5.18. The van der Waals surface area contributed by atoms with Gasteiger partial charge in [0, 0.05) is 76.3 Å². The molecule has 298 valence electrons. The van der Waals surface area contributed by atoms with Gasteiger partial charge in [-0.05, 0) is 105 Å². The van der Waals surface area contributed by atoms with Gasteiger partial charge in [0.15, 0.2) is 0 Å². The molecule has 5 atom stereocenters. The van der Waals surface area contributed by atoms with Gasteiger partial charge in [-0.25, -0.2) is 21.6 Å².